The van der Waals surface area contributed by atoms with Crippen molar-refractivity contribution < 1.29 is 22.7 Å². The highest BCUT2D eigenvalue weighted by Crippen LogP contribution is 2.18. The molecule has 0 fully saturated rings. The van der Waals surface area contributed by atoms with Gasteiger partial charge in [-0.1, -0.05) is 45.0 Å². The Labute approximate surface area is 201 Å². The number of carbonyl (C=O) groups excluding carboxylic acids is 2. The third kappa shape index (κ3) is 9.22. The fourth-order valence-corrected chi connectivity index (χ4v) is 4.68. The molecule has 1 unspecified atom stereocenters. The van der Waals surface area contributed by atoms with Crippen LogP contribution >= 0.6 is 0 Å². The first-order chi connectivity index (χ1) is 16.0. The summed E-state index contributed by atoms with van der Waals surface area (Å²) in [6, 6.07) is 7.18. The van der Waals surface area contributed by atoms with Gasteiger partial charge in [-0.2, -0.15) is 0 Å². The predicted molar refractivity (Wildman–Crippen MR) is 129 cm³/mol. The summed E-state index contributed by atoms with van der Waals surface area (Å²) in [6.45, 7) is 10.0. The maximum absolute atomic E-state index is 12.7. The summed E-state index contributed by atoms with van der Waals surface area (Å²) in [7, 11) is -3.36. The molecule has 0 saturated heterocycles. The van der Waals surface area contributed by atoms with E-state index in [1.807, 2.05) is 39.8 Å². The highest BCUT2D eigenvalue weighted by molar-refractivity contribution is 7.89. The lowest BCUT2D eigenvalue weighted by Gasteiger charge is -2.17. The van der Waals surface area contributed by atoms with E-state index < -0.39 is 21.9 Å². The largest absolute Gasteiger partial charge is 0.465 e. The number of esters is 1. The molecule has 10 nitrogen and oxygen atoms in total. The van der Waals surface area contributed by atoms with Crippen molar-refractivity contribution in [2.45, 2.75) is 54.1 Å². The van der Waals surface area contributed by atoms with Crippen molar-refractivity contribution in [3.05, 3.63) is 41.7 Å². The summed E-state index contributed by atoms with van der Waals surface area (Å²) >= 11 is 0. The number of hydrogen-bond donors (Lipinski definition) is 2. The van der Waals surface area contributed by atoms with Crippen LogP contribution < -0.4 is 10.0 Å². The normalized spacial score (nSPS) is 12.7. The van der Waals surface area contributed by atoms with Crippen molar-refractivity contribution in [2.75, 3.05) is 17.7 Å². The molecule has 0 bridgehead atoms. The monoisotopic (exact) mass is 493 g/mol. The quantitative estimate of drug-likeness (QED) is 0.324. The minimum absolute atomic E-state index is 0.0344. The molecule has 1 atom stereocenters. The van der Waals surface area contributed by atoms with Crippen LogP contribution in [0, 0.1) is 17.8 Å². The molecule has 2 N–H and O–H groups in total. The van der Waals surface area contributed by atoms with Gasteiger partial charge >= 0.3 is 5.97 Å². The topological polar surface area (TPSA) is 132 Å². The number of nitrogens with one attached hydrogen (secondary N) is 2. The number of rotatable bonds is 13. The van der Waals surface area contributed by atoms with E-state index in [9.17, 15) is 18.0 Å². The molecule has 0 aliphatic heterocycles. The van der Waals surface area contributed by atoms with Crippen LogP contribution in [0.2, 0.25) is 0 Å². The molecule has 34 heavy (non-hydrogen) atoms. The molecule has 2 aromatic rings. The van der Waals surface area contributed by atoms with Gasteiger partial charge in [0.15, 0.2) is 0 Å². The lowest BCUT2D eigenvalue weighted by molar-refractivity contribution is -0.151. The number of ether oxygens (including phenoxy) is 1. The lowest BCUT2D eigenvalue weighted by atomic mass is 9.96. The van der Waals surface area contributed by atoms with Crippen molar-refractivity contribution in [1.82, 2.24) is 19.7 Å². The van der Waals surface area contributed by atoms with Crippen molar-refractivity contribution in [3.8, 4) is 0 Å². The molecule has 0 aliphatic carbocycles. The number of carbonyl (C=O) groups is 2. The Morgan fingerprint density at radius 1 is 1.09 bits per heavy atom. The van der Waals surface area contributed by atoms with Crippen LogP contribution in [0.4, 0.5) is 5.69 Å². The zero-order chi connectivity index (χ0) is 25.3. The van der Waals surface area contributed by atoms with E-state index >= 15 is 0 Å². The predicted octanol–water partition coefficient (Wildman–Crippen LogP) is 2.57. The number of aromatic nitrogens is 3. The van der Waals surface area contributed by atoms with Crippen LogP contribution in [0.15, 0.2) is 30.5 Å². The van der Waals surface area contributed by atoms with Gasteiger partial charge in [-0.05, 0) is 42.9 Å². The molecule has 1 aromatic heterocycles. The Bertz CT molecular complexity index is 1050. The van der Waals surface area contributed by atoms with E-state index in [0.29, 0.717) is 24.3 Å². The minimum atomic E-state index is -3.36. The minimum Gasteiger partial charge on any atom is -0.465 e. The summed E-state index contributed by atoms with van der Waals surface area (Å²) < 4.78 is 33.1. The van der Waals surface area contributed by atoms with Gasteiger partial charge in [-0.15, -0.1) is 5.10 Å². The Morgan fingerprint density at radius 3 is 2.35 bits per heavy atom. The van der Waals surface area contributed by atoms with Crippen LogP contribution in [0.1, 0.15) is 52.3 Å². The van der Waals surface area contributed by atoms with E-state index in [4.69, 9.17) is 4.74 Å². The number of hydrogen-bond acceptors (Lipinski definition) is 7. The van der Waals surface area contributed by atoms with Crippen LogP contribution in [0.3, 0.4) is 0 Å². The van der Waals surface area contributed by atoms with E-state index in [2.05, 4.69) is 20.4 Å². The van der Waals surface area contributed by atoms with Gasteiger partial charge in [0, 0.05) is 5.69 Å². The first-order valence-corrected chi connectivity index (χ1v) is 13.1. The number of nitrogens with zero attached hydrogens (tertiary/aromatic N) is 3. The van der Waals surface area contributed by atoms with Gasteiger partial charge in [0.1, 0.15) is 5.92 Å². The summed E-state index contributed by atoms with van der Waals surface area (Å²) in [5.41, 5.74) is 2.01. The summed E-state index contributed by atoms with van der Waals surface area (Å²) in [6.07, 6.45) is 2.09. The van der Waals surface area contributed by atoms with E-state index in [0.717, 1.165) is 5.56 Å². The molecule has 11 heteroatoms. The second-order valence-electron chi connectivity index (χ2n) is 9.02. The lowest BCUT2D eigenvalue weighted by Crippen LogP contribution is -2.32. The standard InChI is InChI=1S/C23H35N5O5S/c1-6-33-23(30)21(11-16(2)3)22(29)25-19-9-7-18(8-10-19)13-28-14-20(26-27-28)12-24-34(31,32)15-17(4)5/h7-10,14,16-17,21,24H,6,11-13,15H2,1-5H3,(H,25,29). The SMILES string of the molecule is CCOC(=O)C(CC(C)C)C(=O)Nc1ccc(Cn2cc(CNS(=O)(=O)CC(C)C)nn2)cc1. The van der Waals surface area contributed by atoms with Crippen LogP contribution in [0.25, 0.3) is 0 Å². The Balaban J connectivity index is 1.95. The first-order valence-electron chi connectivity index (χ1n) is 11.4. The molecule has 0 spiro atoms. The first kappa shape index (κ1) is 27.5. The average Bonchev–Trinajstić information content (AvgIpc) is 3.18. The van der Waals surface area contributed by atoms with Crippen LogP contribution in [-0.2, 0) is 37.4 Å². The molecular formula is C23H35N5O5S. The second kappa shape index (κ2) is 12.6. The highest BCUT2D eigenvalue weighted by atomic mass is 32.2. The van der Waals surface area contributed by atoms with E-state index in [1.165, 1.54) is 0 Å². The smallest absolute Gasteiger partial charge is 0.318 e. The highest BCUT2D eigenvalue weighted by Gasteiger charge is 2.28. The maximum Gasteiger partial charge on any atom is 0.318 e. The molecule has 2 rings (SSSR count). The van der Waals surface area contributed by atoms with Gasteiger partial charge in [0.05, 0.1) is 37.3 Å². The molecule has 0 radical (unpaired) electrons. The molecule has 188 valence electrons. The molecule has 0 aliphatic rings. The van der Waals surface area contributed by atoms with Crippen molar-refractivity contribution in [2.24, 2.45) is 17.8 Å². The Morgan fingerprint density at radius 2 is 1.76 bits per heavy atom. The zero-order valence-electron chi connectivity index (χ0n) is 20.4. The number of amides is 1. The maximum atomic E-state index is 12.7. The van der Waals surface area contributed by atoms with Gasteiger partial charge < -0.3 is 10.1 Å². The second-order valence-corrected chi connectivity index (χ2v) is 10.9. The molecule has 0 saturated carbocycles. The summed E-state index contributed by atoms with van der Waals surface area (Å²) in [4.78, 5) is 24.8. The summed E-state index contributed by atoms with van der Waals surface area (Å²) in [5.74, 6) is -1.50. The zero-order valence-corrected chi connectivity index (χ0v) is 21.3. The number of anilines is 1. The van der Waals surface area contributed by atoms with Gasteiger partial charge in [-0.3, -0.25) is 9.59 Å². The molecule has 1 aromatic carbocycles. The average molecular weight is 494 g/mol. The van der Waals surface area contributed by atoms with Crippen LogP contribution in [0.5, 0.6) is 0 Å². The Kier molecular flexibility index (Phi) is 10.2. The van der Waals surface area contributed by atoms with Crippen molar-refractivity contribution >= 4 is 27.6 Å². The van der Waals surface area contributed by atoms with Crippen LogP contribution in [-0.4, -0.2) is 47.6 Å². The summed E-state index contributed by atoms with van der Waals surface area (Å²) in [5, 5.41) is 10.8. The molecular weight excluding hydrogens is 458 g/mol. The fourth-order valence-electron chi connectivity index (χ4n) is 3.31. The van der Waals surface area contributed by atoms with Crippen molar-refractivity contribution in [1.29, 1.82) is 0 Å². The third-order valence-electron chi connectivity index (χ3n) is 4.77. The van der Waals surface area contributed by atoms with Crippen molar-refractivity contribution in [3.63, 3.8) is 0 Å². The Hall–Kier alpha value is -2.79. The van der Waals surface area contributed by atoms with Gasteiger partial charge in [0.2, 0.25) is 15.9 Å². The van der Waals surface area contributed by atoms with Gasteiger partial charge in [0.25, 0.3) is 0 Å². The number of sulfonamides is 1. The molecule has 1 amide bonds. The van der Waals surface area contributed by atoms with E-state index in [1.54, 1.807) is 29.9 Å². The third-order valence-corrected chi connectivity index (χ3v) is 6.46. The molecule has 1 heterocycles. The van der Waals surface area contributed by atoms with E-state index in [-0.39, 0.29) is 36.6 Å². The fraction of sp³-hybridized carbons (Fsp3) is 0.565. The van der Waals surface area contributed by atoms with Gasteiger partial charge in [-0.25, -0.2) is 17.8 Å². The number of benzene rings is 1.